The third kappa shape index (κ3) is 1.50. The van der Waals surface area contributed by atoms with Crippen LogP contribution < -0.4 is 0 Å². The molecule has 0 aromatic carbocycles. The Morgan fingerprint density at radius 1 is 1.50 bits per heavy atom. The fraction of sp³-hybridized carbons (Fsp3) is 0.571. The van der Waals surface area contributed by atoms with Gasteiger partial charge in [0.1, 0.15) is 0 Å². The number of allylic oxidation sites excluding steroid dienone is 1. The zero-order valence-corrected chi connectivity index (χ0v) is 8.05. The number of rotatable bonds is 1. The number of hydrogen-bond donors (Lipinski definition) is 0. The monoisotopic (exact) mass is 189 g/mol. The smallest absolute Gasteiger partial charge is 0.314 e. The molecule has 4 nitrogen and oxygen atoms in total. The van der Waals surface area contributed by atoms with Gasteiger partial charge >= 0.3 is 5.23 Å². The van der Waals surface area contributed by atoms with E-state index in [2.05, 4.69) is 4.99 Å². The number of aliphatic imine (C=N–C) groups is 1. The van der Waals surface area contributed by atoms with Crippen LogP contribution in [0.3, 0.4) is 0 Å². The maximum Gasteiger partial charge on any atom is 0.314 e. The van der Waals surface area contributed by atoms with Gasteiger partial charge in [-0.1, -0.05) is 0 Å². The topological polar surface area (TPSA) is 55.7 Å². The lowest BCUT2D eigenvalue weighted by Gasteiger charge is -2.08. The molecule has 0 radical (unpaired) electrons. The summed E-state index contributed by atoms with van der Waals surface area (Å²) in [5.41, 5.74) is 0. The summed E-state index contributed by atoms with van der Waals surface area (Å²) >= 11 is 0. The Balaban J connectivity index is 2.88. The number of sulfone groups is 1. The van der Waals surface area contributed by atoms with Crippen molar-refractivity contribution in [3.63, 3.8) is 0 Å². The third-order valence-corrected chi connectivity index (χ3v) is 2.96. The van der Waals surface area contributed by atoms with Crippen LogP contribution in [0.5, 0.6) is 0 Å². The fourth-order valence-electron chi connectivity index (χ4n) is 0.715. The Bertz CT molecular complexity index is 338. The fourth-order valence-corrected chi connectivity index (χ4v) is 1.69. The van der Waals surface area contributed by atoms with Crippen molar-refractivity contribution >= 4 is 15.1 Å². The number of ether oxygens (including phenoxy) is 1. The van der Waals surface area contributed by atoms with Crippen LogP contribution in [0.4, 0.5) is 0 Å². The minimum atomic E-state index is -3.37. The Labute approximate surface area is 71.9 Å². The maximum atomic E-state index is 11.3. The summed E-state index contributed by atoms with van der Waals surface area (Å²) in [4.78, 5) is 3.89. The van der Waals surface area contributed by atoms with Crippen molar-refractivity contribution in [2.45, 2.75) is 26.9 Å². The van der Waals surface area contributed by atoms with Crippen LogP contribution in [-0.2, 0) is 14.6 Å². The minimum Gasteiger partial charge on any atom is -0.466 e. The maximum absolute atomic E-state index is 11.3. The Morgan fingerprint density at radius 3 is 2.42 bits per heavy atom. The Kier molecular flexibility index (Phi) is 2.23. The van der Waals surface area contributed by atoms with Gasteiger partial charge < -0.3 is 4.74 Å². The lowest BCUT2D eigenvalue weighted by molar-refractivity contribution is 0.235. The molecule has 0 aromatic heterocycles. The van der Waals surface area contributed by atoms with Gasteiger partial charge in [-0.2, -0.15) is 0 Å². The second-order valence-electron chi connectivity index (χ2n) is 2.80. The second kappa shape index (κ2) is 2.90. The van der Waals surface area contributed by atoms with Crippen molar-refractivity contribution in [3.05, 3.63) is 11.1 Å². The van der Waals surface area contributed by atoms with Crippen LogP contribution in [-0.4, -0.2) is 19.8 Å². The summed E-state index contributed by atoms with van der Waals surface area (Å²) in [6.07, 6.45) is 1.13. The van der Waals surface area contributed by atoms with E-state index in [4.69, 9.17) is 4.74 Å². The van der Waals surface area contributed by atoms with Gasteiger partial charge in [0.2, 0.25) is 0 Å². The van der Waals surface area contributed by atoms with Gasteiger partial charge in [-0.15, -0.1) is 0 Å². The van der Waals surface area contributed by atoms with Gasteiger partial charge in [-0.05, 0) is 20.8 Å². The van der Waals surface area contributed by atoms with Crippen molar-refractivity contribution in [2.75, 3.05) is 0 Å². The molecule has 68 valence electrons. The van der Waals surface area contributed by atoms with E-state index in [1.807, 2.05) is 0 Å². The summed E-state index contributed by atoms with van der Waals surface area (Å²) < 4.78 is 27.6. The largest absolute Gasteiger partial charge is 0.466 e. The van der Waals surface area contributed by atoms with Gasteiger partial charge in [0.15, 0.2) is 0 Å². The summed E-state index contributed by atoms with van der Waals surface area (Å²) in [5.74, 6) is 0. The predicted octanol–water partition coefficient (Wildman–Crippen LogP) is 1.06. The van der Waals surface area contributed by atoms with Crippen LogP contribution in [0, 0.1) is 0 Å². The molecule has 0 aromatic rings. The molecule has 5 heteroatoms. The van der Waals surface area contributed by atoms with Gasteiger partial charge in [0, 0.05) is 6.20 Å². The average Bonchev–Trinajstić information content (AvgIpc) is 2.15. The molecule has 1 aliphatic heterocycles. The molecule has 1 rings (SSSR count). The van der Waals surface area contributed by atoms with E-state index in [0.717, 1.165) is 0 Å². The first-order valence-electron chi connectivity index (χ1n) is 3.61. The van der Waals surface area contributed by atoms with E-state index in [-0.39, 0.29) is 16.2 Å². The molecule has 0 aliphatic carbocycles. The van der Waals surface area contributed by atoms with Gasteiger partial charge in [-0.25, -0.2) is 13.4 Å². The van der Waals surface area contributed by atoms with E-state index in [0.29, 0.717) is 0 Å². The lowest BCUT2D eigenvalue weighted by atomic mass is 10.5. The van der Waals surface area contributed by atoms with Crippen LogP contribution in [0.25, 0.3) is 0 Å². The standard InChI is InChI=1S/C7H11NO3S/c1-5(2)11-7-8-4-6(3)12(7,9)10/h4-5H,1-3H3. The van der Waals surface area contributed by atoms with Crippen LogP contribution in [0.15, 0.2) is 16.1 Å². The quantitative estimate of drug-likeness (QED) is 0.619. The Hall–Kier alpha value is -0.840. The summed E-state index contributed by atoms with van der Waals surface area (Å²) in [6, 6.07) is 0. The van der Waals surface area contributed by atoms with Gasteiger partial charge in [0.25, 0.3) is 9.84 Å². The molecule has 0 fully saturated rings. The van der Waals surface area contributed by atoms with Crippen molar-refractivity contribution in [2.24, 2.45) is 4.99 Å². The second-order valence-corrected chi connectivity index (χ2v) is 4.80. The first-order chi connectivity index (χ1) is 5.44. The molecule has 1 aliphatic rings. The molecule has 0 N–H and O–H groups in total. The predicted molar refractivity (Wildman–Crippen MR) is 46.3 cm³/mol. The average molecular weight is 189 g/mol. The molecule has 0 unspecified atom stereocenters. The van der Waals surface area contributed by atoms with E-state index in [9.17, 15) is 8.42 Å². The van der Waals surface area contributed by atoms with Gasteiger partial charge in [0.05, 0.1) is 11.0 Å². The molecule has 0 saturated carbocycles. The van der Waals surface area contributed by atoms with Crippen molar-refractivity contribution in [3.8, 4) is 0 Å². The zero-order chi connectivity index (χ0) is 9.35. The summed E-state index contributed by atoms with van der Waals surface area (Å²) in [6.45, 7) is 5.01. The highest BCUT2D eigenvalue weighted by Gasteiger charge is 2.28. The van der Waals surface area contributed by atoms with E-state index < -0.39 is 9.84 Å². The van der Waals surface area contributed by atoms with Crippen molar-refractivity contribution in [1.82, 2.24) is 0 Å². The van der Waals surface area contributed by atoms with Crippen LogP contribution >= 0.6 is 0 Å². The molecular weight excluding hydrogens is 178 g/mol. The SMILES string of the molecule is CC1=CN=C(OC(C)C)S1(=O)=O. The molecule has 0 bridgehead atoms. The Morgan fingerprint density at radius 2 is 2.08 bits per heavy atom. The molecule has 0 amide bonds. The van der Waals surface area contributed by atoms with Gasteiger partial charge in [-0.3, -0.25) is 0 Å². The first-order valence-corrected chi connectivity index (χ1v) is 5.09. The molecular formula is C7H11NO3S. The first kappa shape index (κ1) is 9.25. The van der Waals surface area contributed by atoms with E-state index in [1.165, 1.54) is 13.1 Å². The molecule has 0 spiro atoms. The number of nitrogens with zero attached hydrogens (tertiary/aromatic N) is 1. The minimum absolute atomic E-state index is 0.169. The molecule has 12 heavy (non-hydrogen) atoms. The third-order valence-electron chi connectivity index (χ3n) is 1.34. The van der Waals surface area contributed by atoms with E-state index in [1.54, 1.807) is 13.8 Å². The molecule has 1 heterocycles. The molecule has 0 atom stereocenters. The van der Waals surface area contributed by atoms with Crippen molar-refractivity contribution in [1.29, 1.82) is 0 Å². The molecule has 0 saturated heterocycles. The highest BCUT2D eigenvalue weighted by Crippen LogP contribution is 2.17. The van der Waals surface area contributed by atoms with E-state index >= 15 is 0 Å². The summed E-state index contributed by atoms with van der Waals surface area (Å²) in [7, 11) is -3.37. The summed E-state index contributed by atoms with van der Waals surface area (Å²) in [5, 5.41) is -0.185. The highest BCUT2D eigenvalue weighted by molar-refractivity contribution is 8.09. The lowest BCUT2D eigenvalue weighted by Crippen LogP contribution is -2.19. The normalized spacial score (nSPS) is 20.7. The van der Waals surface area contributed by atoms with Crippen LogP contribution in [0.1, 0.15) is 20.8 Å². The zero-order valence-electron chi connectivity index (χ0n) is 7.23. The number of hydrogen-bond acceptors (Lipinski definition) is 4. The highest BCUT2D eigenvalue weighted by atomic mass is 32.2. The van der Waals surface area contributed by atoms with Crippen molar-refractivity contribution < 1.29 is 13.2 Å². The van der Waals surface area contributed by atoms with Crippen LogP contribution in [0.2, 0.25) is 0 Å².